The van der Waals surface area contributed by atoms with Gasteiger partial charge in [0.2, 0.25) is 5.91 Å². The van der Waals surface area contributed by atoms with Crippen molar-refractivity contribution in [2.45, 2.75) is 288 Å². The molecule has 1 amide bonds. The van der Waals surface area contributed by atoms with Crippen LogP contribution in [0, 0.1) is 0 Å². The summed E-state index contributed by atoms with van der Waals surface area (Å²) in [5, 5.41) is 56.8. The van der Waals surface area contributed by atoms with Gasteiger partial charge in [-0.15, -0.1) is 0 Å². The third-order valence-electron chi connectivity index (χ3n) is 13.5. The minimum absolute atomic E-state index is 0.119. The van der Waals surface area contributed by atoms with E-state index < -0.39 is 67.4 Å². The van der Waals surface area contributed by atoms with Crippen LogP contribution in [0.15, 0.2) is 72.9 Å². The lowest BCUT2D eigenvalue weighted by Crippen LogP contribution is -2.61. The van der Waals surface area contributed by atoms with Crippen LogP contribution < -0.4 is 5.32 Å². The third kappa shape index (κ3) is 36.9. The molecule has 1 rings (SSSR count). The molecule has 0 spiro atoms. The molecular weight excluding hydrogens is 907 g/mol. The van der Waals surface area contributed by atoms with Crippen LogP contribution in [0.3, 0.4) is 0 Å². The molecule has 0 aromatic rings. The van der Waals surface area contributed by atoms with Gasteiger partial charge in [-0.25, -0.2) is 0 Å². The van der Waals surface area contributed by atoms with Crippen LogP contribution in [0.4, 0.5) is 0 Å². The molecule has 1 fully saturated rings. The number of esters is 1. The quantitative estimate of drug-likeness (QED) is 0.0149. The number of hydrogen-bond acceptors (Lipinski definition) is 10. The molecule has 1 aliphatic heterocycles. The Morgan fingerprint density at radius 1 is 0.556 bits per heavy atom. The predicted octanol–water partition coefficient (Wildman–Crippen LogP) is 13.2. The zero-order valence-electron chi connectivity index (χ0n) is 45.8. The van der Waals surface area contributed by atoms with Crippen molar-refractivity contribution in [1.82, 2.24) is 5.32 Å². The lowest BCUT2D eigenvalue weighted by molar-refractivity contribution is -0.305. The summed E-state index contributed by atoms with van der Waals surface area (Å²) in [5.41, 5.74) is 0. The Morgan fingerprint density at radius 2 is 1.00 bits per heavy atom. The number of carbonyl (C=O) groups is 2. The van der Waals surface area contributed by atoms with Crippen LogP contribution in [0.1, 0.15) is 239 Å². The molecule has 416 valence electrons. The lowest BCUT2D eigenvalue weighted by Gasteiger charge is -2.41. The van der Waals surface area contributed by atoms with Crippen molar-refractivity contribution >= 4 is 11.9 Å². The molecule has 6 N–H and O–H groups in total. The number of unbranched alkanes of at least 4 members (excludes halogenated alkanes) is 28. The highest BCUT2D eigenvalue weighted by Gasteiger charge is 2.47. The van der Waals surface area contributed by atoms with Gasteiger partial charge in [0, 0.05) is 6.42 Å². The van der Waals surface area contributed by atoms with Gasteiger partial charge in [0.15, 0.2) is 12.4 Å². The van der Waals surface area contributed by atoms with Crippen LogP contribution in [-0.4, -0.2) is 99.6 Å². The van der Waals surface area contributed by atoms with E-state index in [1.165, 1.54) is 128 Å². The molecule has 1 saturated heterocycles. The molecule has 1 aliphatic rings. The minimum atomic E-state index is -1.62. The fraction of sp³-hybridized carbons (Fsp3) is 0.770. The number of nitrogens with one attached hydrogen (secondary N) is 1. The third-order valence-corrected chi connectivity index (χ3v) is 13.5. The Morgan fingerprint density at radius 3 is 1.50 bits per heavy atom. The predicted molar refractivity (Wildman–Crippen MR) is 296 cm³/mol. The van der Waals surface area contributed by atoms with E-state index in [1.807, 2.05) is 60.8 Å². The maximum absolute atomic E-state index is 13.4. The van der Waals surface area contributed by atoms with Gasteiger partial charge in [-0.05, 0) is 44.9 Å². The average molecular weight is 1010 g/mol. The molecule has 0 radical (unpaired) electrons. The largest absolute Gasteiger partial charge is 0.454 e. The highest BCUT2D eigenvalue weighted by Crippen LogP contribution is 2.26. The van der Waals surface area contributed by atoms with E-state index in [9.17, 15) is 35.1 Å². The van der Waals surface area contributed by atoms with Gasteiger partial charge in [0.25, 0.3) is 0 Å². The Hall–Kier alpha value is -2.90. The van der Waals surface area contributed by atoms with Crippen molar-refractivity contribution < 1.29 is 49.3 Å². The van der Waals surface area contributed by atoms with Gasteiger partial charge < -0.3 is 45.1 Å². The first-order valence-corrected chi connectivity index (χ1v) is 29.3. The average Bonchev–Trinajstić information content (AvgIpc) is 3.38. The molecule has 0 aliphatic carbocycles. The summed E-state index contributed by atoms with van der Waals surface area (Å²) in [6.45, 7) is 5.61. The van der Waals surface area contributed by atoms with Gasteiger partial charge in [-0.1, -0.05) is 261 Å². The van der Waals surface area contributed by atoms with Crippen molar-refractivity contribution in [2.24, 2.45) is 0 Å². The van der Waals surface area contributed by atoms with Crippen LogP contribution in [0.5, 0.6) is 0 Å². The second-order valence-electron chi connectivity index (χ2n) is 20.1. The Bertz CT molecular complexity index is 1440. The number of aliphatic hydroxyl groups is 5. The van der Waals surface area contributed by atoms with Gasteiger partial charge in [-0.2, -0.15) is 0 Å². The SMILES string of the molecule is CC/C=C/C=C/C=C\C=C/C=C/CCCCC(O)C(=O)NC(COC1OC(CO)C(O)C(O)C1OC(=O)CCCCCCCCCCCCCCCCCCC)C(O)/C=C/CCCCCCCCCCCC. The first-order chi connectivity index (χ1) is 35.2. The maximum atomic E-state index is 13.4. The van der Waals surface area contributed by atoms with Gasteiger partial charge in [0.05, 0.1) is 25.4 Å². The second-order valence-corrected chi connectivity index (χ2v) is 20.1. The van der Waals surface area contributed by atoms with Crippen LogP contribution >= 0.6 is 0 Å². The zero-order valence-corrected chi connectivity index (χ0v) is 45.8. The van der Waals surface area contributed by atoms with Gasteiger partial charge >= 0.3 is 5.97 Å². The topological polar surface area (TPSA) is 175 Å². The molecule has 72 heavy (non-hydrogen) atoms. The zero-order chi connectivity index (χ0) is 52.5. The van der Waals surface area contributed by atoms with Crippen LogP contribution in [0.25, 0.3) is 0 Å². The number of rotatable bonds is 48. The Balaban J connectivity index is 2.74. The summed E-state index contributed by atoms with van der Waals surface area (Å²) in [7, 11) is 0. The monoisotopic (exact) mass is 1010 g/mol. The lowest BCUT2D eigenvalue weighted by atomic mass is 9.99. The van der Waals surface area contributed by atoms with E-state index in [1.54, 1.807) is 6.08 Å². The number of allylic oxidation sites excluding steroid dienone is 11. The smallest absolute Gasteiger partial charge is 0.306 e. The molecular formula is C61H107NO10. The second kappa shape index (κ2) is 49.0. The normalized spacial score (nSPS) is 20.0. The fourth-order valence-electron chi connectivity index (χ4n) is 8.85. The number of ether oxygens (including phenoxy) is 3. The highest BCUT2D eigenvalue weighted by atomic mass is 16.7. The summed E-state index contributed by atoms with van der Waals surface area (Å²) in [6.07, 6.45) is 50.9. The molecule has 8 atom stereocenters. The van der Waals surface area contributed by atoms with Crippen molar-refractivity contribution in [1.29, 1.82) is 0 Å². The van der Waals surface area contributed by atoms with Crippen LogP contribution in [0.2, 0.25) is 0 Å². The number of amides is 1. The van der Waals surface area contributed by atoms with E-state index in [2.05, 4.69) is 32.2 Å². The summed E-state index contributed by atoms with van der Waals surface area (Å²) in [6, 6.07) is -1.05. The molecule has 0 aromatic carbocycles. The van der Waals surface area contributed by atoms with Gasteiger partial charge in [0.1, 0.15) is 24.4 Å². The number of carbonyl (C=O) groups excluding carboxylic acids is 2. The number of aliphatic hydroxyl groups excluding tert-OH is 5. The van der Waals surface area contributed by atoms with E-state index in [0.29, 0.717) is 12.8 Å². The molecule has 8 unspecified atom stereocenters. The van der Waals surface area contributed by atoms with Crippen molar-refractivity contribution in [3.05, 3.63) is 72.9 Å². The van der Waals surface area contributed by atoms with E-state index in [-0.39, 0.29) is 19.4 Å². The van der Waals surface area contributed by atoms with E-state index in [4.69, 9.17) is 14.2 Å². The molecule has 0 saturated carbocycles. The number of hydrogen-bond donors (Lipinski definition) is 6. The maximum Gasteiger partial charge on any atom is 0.306 e. The first kappa shape index (κ1) is 67.1. The highest BCUT2D eigenvalue weighted by molar-refractivity contribution is 5.80. The Kier molecular flexibility index (Phi) is 45.7. The molecule has 11 heteroatoms. The van der Waals surface area contributed by atoms with Crippen molar-refractivity contribution in [2.75, 3.05) is 13.2 Å². The van der Waals surface area contributed by atoms with Crippen molar-refractivity contribution in [3.8, 4) is 0 Å². The van der Waals surface area contributed by atoms with Crippen LogP contribution in [-0.2, 0) is 23.8 Å². The molecule has 1 heterocycles. The fourth-order valence-corrected chi connectivity index (χ4v) is 8.85. The van der Waals surface area contributed by atoms with E-state index >= 15 is 0 Å². The molecule has 0 bridgehead atoms. The summed E-state index contributed by atoms with van der Waals surface area (Å²) in [4.78, 5) is 26.5. The van der Waals surface area contributed by atoms with E-state index in [0.717, 1.165) is 64.2 Å². The van der Waals surface area contributed by atoms with Gasteiger partial charge in [-0.3, -0.25) is 9.59 Å². The summed E-state index contributed by atoms with van der Waals surface area (Å²) in [5.74, 6) is -1.24. The summed E-state index contributed by atoms with van der Waals surface area (Å²) < 4.78 is 17.6. The molecule has 0 aromatic heterocycles. The Labute approximate surface area is 439 Å². The minimum Gasteiger partial charge on any atom is -0.454 e. The first-order valence-electron chi connectivity index (χ1n) is 29.3. The molecule has 11 nitrogen and oxygen atoms in total. The van der Waals surface area contributed by atoms with Crippen molar-refractivity contribution in [3.63, 3.8) is 0 Å². The standard InChI is InChI=1S/C61H107NO10/c1-4-7-10-13-16-19-22-25-27-28-29-31-34-37-40-43-46-49-56(66)72-59-58(68)57(67)55(50-63)71-61(59)70-51-52(53(64)47-44-41-38-35-32-24-21-18-15-12-9-6-3)62-60(69)54(65)48-45-42-39-36-33-30-26-23-20-17-14-11-8-5-2/h8,11,14,17,20,23,26,30,33,36,44,47,52-55,57-59,61,63-65,67-68H,4-7,9-10,12-13,15-16,18-19,21-22,24-25,27-29,31-32,34-35,37-43,45-46,48-51H2,1-3H3,(H,62,69)/b11-8+,17-14+,23-20-,30-26-,36-33+,47-44+. The summed E-state index contributed by atoms with van der Waals surface area (Å²) >= 11 is 0.